The number of benzene rings is 2. The molecule has 2 nitrogen and oxygen atoms in total. The number of hydrogen-bond acceptors (Lipinski definition) is 3. The van der Waals surface area contributed by atoms with Crippen molar-refractivity contribution >= 4 is 11.8 Å². The molecule has 0 heterocycles. The van der Waals surface area contributed by atoms with Gasteiger partial charge >= 0.3 is 0 Å². The Morgan fingerprint density at radius 3 is 2.04 bits per heavy atom. The van der Waals surface area contributed by atoms with Crippen LogP contribution in [-0.4, -0.2) is 23.5 Å². The van der Waals surface area contributed by atoms with Gasteiger partial charge in [0.25, 0.3) is 0 Å². The van der Waals surface area contributed by atoms with E-state index >= 15 is 0 Å². The van der Waals surface area contributed by atoms with Crippen molar-refractivity contribution in [1.29, 1.82) is 0 Å². The fourth-order valence-corrected chi connectivity index (χ4v) is 5.13. The summed E-state index contributed by atoms with van der Waals surface area (Å²) in [5.41, 5.74) is 10.1. The number of allylic oxidation sites excluding steroid dienone is 1. The van der Waals surface area contributed by atoms with Gasteiger partial charge < -0.3 is 10.8 Å². The molecule has 1 aliphatic rings. The number of rotatable bonds is 7. The first-order valence-electron chi connectivity index (χ1n) is 9.08. The van der Waals surface area contributed by atoms with Gasteiger partial charge in [-0.25, -0.2) is 0 Å². The second-order valence-electron chi connectivity index (χ2n) is 6.64. The lowest BCUT2D eigenvalue weighted by Gasteiger charge is -2.39. The molecule has 1 aliphatic carbocycles. The second-order valence-corrected chi connectivity index (χ2v) is 7.88. The smallest absolute Gasteiger partial charge is 0.0867 e. The molecule has 132 valence electrons. The minimum Gasteiger partial charge on any atom is -0.395 e. The highest BCUT2D eigenvalue weighted by Crippen LogP contribution is 2.51. The normalized spacial score (nSPS) is 16.3. The number of aliphatic hydroxyl groups excluding tert-OH is 1. The summed E-state index contributed by atoms with van der Waals surface area (Å²) in [5, 5.41) is 9.43. The summed E-state index contributed by atoms with van der Waals surface area (Å²) < 4.78 is -0.226. The molecule has 25 heavy (non-hydrogen) atoms. The summed E-state index contributed by atoms with van der Waals surface area (Å²) >= 11 is 1.86. The maximum atomic E-state index is 9.43. The van der Waals surface area contributed by atoms with Gasteiger partial charge in [0.1, 0.15) is 0 Å². The Morgan fingerprint density at radius 1 is 0.960 bits per heavy atom. The number of aliphatic hydroxyl groups is 1. The molecule has 0 unspecified atom stereocenters. The van der Waals surface area contributed by atoms with Gasteiger partial charge in [0.15, 0.2) is 0 Å². The van der Waals surface area contributed by atoms with Gasteiger partial charge in [0, 0.05) is 11.8 Å². The average Bonchev–Trinajstić information content (AvgIpc) is 2.71. The van der Waals surface area contributed by atoms with Gasteiger partial charge in [-0.3, -0.25) is 0 Å². The molecular formula is C22H27NOS. The molecule has 0 aliphatic heterocycles. The lowest BCUT2D eigenvalue weighted by molar-refractivity contribution is 0.275. The van der Waals surface area contributed by atoms with Crippen molar-refractivity contribution < 1.29 is 5.11 Å². The standard InChI is InChI=1S/C22H27NOS/c23-21(16-24)17-25-22(18-10-4-1-5-11-18,19-12-6-2-7-13-19)20-14-8-3-9-15-20/h1-2,4-7,10-14,21,24H,3,8-9,15-17,23H2/t21-/m1/s1. The quantitative estimate of drug-likeness (QED) is 0.721. The lowest BCUT2D eigenvalue weighted by atomic mass is 9.79. The first kappa shape index (κ1) is 18.2. The zero-order valence-electron chi connectivity index (χ0n) is 14.6. The van der Waals surface area contributed by atoms with Crippen LogP contribution in [0.1, 0.15) is 36.8 Å². The Balaban J connectivity index is 2.14. The van der Waals surface area contributed by atoms with Crippen LogP contribution in [0.3, 0.4) is 0 Å². The Hall–Kier alpha value is -1.55. The highest BCUT2D eigenvalue weighted by Gasteiger charge is 2.39. The third-order valence-corrected chi connectivity index (χ3v) is 6.61. The van der Waals surface area contributed by atoms with Crippen LogP contribution in [0.2, 0.25) is 0 Å². The van der Waals surface area contributed by atoms with Crippen molar-refractivity contribution in [2.24, 2.45) is 5.73 Å². The second kappa shape index (κ2) is 8.70. The van der Waals surface area contributed by atoms with E-state index in [0.717, 1.165) is 18.6 Å². The predicted molar refractivity (Wildman–Crippen MR) is 108 cm³/mol. The van der Waals surface area contributed by atoms with Gasteiger partial charge in [0.2, 0.25) is 0 Å². The van der Waals surface area contributed by atoms with Crippen molar-refractivity contribution in [1.82, 2.24) is 0 Å². The molecule has 0 radical (unpaired) electrons. The van der Waals surface area contributed by atoms with Crippen LogP contribution >= 0.6 is 11.8 Å². The van der Waals surface area contributed by atoms with Gasteiger partial charge in [-0.05, 0) is 42.4 Å². The summed E-state index contributed by atoms with van der Waals surface area (Å²) in [7, 11) is 0. The van der Waals surface area contributed by atoms with Crippen molar-refractivity contribution in [2.45, 2.75) is 36.5 Å². The van der Waals surface area contributed by atoms with E-state index in [-0.39, 0.29) is 17.4 Å². The van der Waals surface area contributed by atoms with Crippen LogP contribution in [0.5, 0.6) is 0 Å². The minimum absolute atomic E-state index is 0.0196. The van der Waals surface area contributed by atoms with Crippen molar-refractivity contribution in [3.8, 4) is 0 Å². The Kier molecular flexibility index (Phi) is 6.35. The molecule has 2 aromatic rings. The topological polar surface area (TPSA) is 46.2 Å². The molecule has 0 fully saturated rings. The molecule has 1 atom stereocenters. The van der Waals surface area contributed by atoms with Crippen molar-refractivity contribution in [3.63, 3.8) is 0 Å². The fraction of sp³-hybridized carbons (Fsp3) is 0.364. The number of thioether (sulfide) groups is 1. The van der Waals surface area contributed by atoms with E-state index in [1.54, 1.807) is 0 Å². The van der Waals surface area contributed by atoms with Crippen molar-refractivity contribution in [3.05, 3.63) is 83.4 Å². The van der Waals surface area contributed by atoms with Gasteiger partial charge in [-0.1, -0.05) is 66.7 Å². The van der Waals surface area contributed by atoms with E-state index in [1.165, 1.54) is 29.5 Å². The predicted octanol–water partition coefficient (Wildman–Crippen LogP) is 4.48. The van der Waals surface area contributed by atoms with Crippen LogP contribution in [0.25, 0.3) is 0 Å². The summed E-state index contributed by atoms with van der Waals surface area (Å²) in [4.78, 5) is 0. The molecule has 0 saturated carbocycles. The Labute approximate surface area is 155 Å². The molecule has 3 heteroatoms. The molecule has 0 aromatic heterocycles. The highest BCUT2D eigenvalue weighted by molar-refractivity contribution is 8.00. The maximum absolute atomic E-state index is 9.43. The minimum atomic E-state index is -0.226. The molecule has 3 N–H and O–H groups in total. The molecule has 0 bridgehead atoms. The fourth-order valence-electron chi connectivity index (χ4n) is 3.59. The van der Waals surface area contributed by atoms with E-state index in [9.17, 15) is 5.11 Å². The van der Waals surface area contributed by atoms with Crippen molar-refractivity contribution in [2.75, 3.05) is 12.4 Å². The van der Waals surface area contributed by atoms with Gasteiger partial charge in [0.05, 0.1) is 11.4 Å². The summed E-state index contributed by atoms with van der Waals surface area (Å²) in [5.74, 6) is 0.720. The molecule has 0 amide bonds. The van der Waals surface area contributed by atoms with Crippen LogP contribution < -0.4 is 5.73 Å². The Morgan fingerprint density at radius 2 is 1.56 bits per heavy atom. The molecule has 0 saturated heterocycles. The largest absolute Gasteiger partial charge is 0.395 e. The molecule has 2 aromatic carbocycles. The first-order chi connectivity index (χ1) is 12.3. The molecule has 3 rings (SSSR count). The molecule has 0 spiro atoms. The first-order valence-corrected chi connectivity index (χ1v) is 10.1. The average molecular weight is 354 g/mol. The zero-order valence-corrected chi connectivity index (χ0v) is 15.4. The van der Waals surface area contributed by atoms with E-state index < -0.39 is 0 Å². The monoisotopic (exact) mass is 353 g/mol. The lowest BCUT2D eigenvalue weighted by Crippen LogP contribution is -2.33. The van der Waals surface area contributed by atoms with Crippen LogP contribution in [0.15, 0.2) is 72.3 Å². The number of hydrogen-bond donors (Lipinski definition) is 2. The summed E-state index contributed by atoms with van der Waals surface area (Å²) in [6.07, 6.45) is 7.19. The molecular weight excluding hydrogens is 326 g/mol. The zero-order chi connectivity index (χ0) is 17.5. The van der Waals surface area contributed by atoms with Crippen LogP contribution in [0, 0.1) is 0 Å². The van der Waals surface area contributed by atoms with E-state index in [0.29, 0.717) is 0 Å². The van der Waals surface area contributed by atoms with Crippen LogP contribution in [-0.2, 0) is 4.75 Å². The van der Waals surface area contributed by atoms with E-state index in [1.807, 2.05) is 11.8 Å². The third-order valence-electron chi connectivity index (χ3n) is 4.85. The van der Waals surface area contributed by atoms with Crippen LogP contribution in [0.4, 0.5) is 0 Å². The van der Waals surface area contributed by atoms with E-state index in [2.05, 4.69) is 66.7 Å². The third kappa shape index (κ3) is 4.00. The highest BCUT2D eigenvalue weighted by atomic mass is 32.2. The summed E-state index contributed by atoms with van der Waals surface area (Å²) in [6.45, 7) is 0.0196. The maximum Gasteiger partial charge on any atom is 0.0867 e. The summed E-state index contributed by atoms with van der Waals surface area (Å²) in [6, 6.07) is 21.3. The Bertz CT molecular complexity index is 644. The number of nitrogens with two attached hydrogens (primary N) is 1. The van der Waals surface area contributed by atoms with Gasteiger partial charge in [-0.15, -0.1) is 11.8 Å². The van der Waals surface area contributed by atoms with E-state index in [4.69, 9.17) is 5.73 Å². The SMILES string of the molecule is N[C@H](CO)CSC(C1=CCCCC1)(c1ccccc1)c1ccccc1. The van der Waals surface area contributed by atoms with Gasteiger partial charge in [-0.2, -0.15) is 0 Å².